The van der Waals surface area contributed by atoms with Crippen molar-refractivity contribution in [1.82, 2.24) is 9.97 Å². The average molecular weight is 378 g/mol. The third-order valence-electron chi connectivity index (χ3n) is 4.55. The summed E-state index contributed by atoms with van der Waals surface area (Å²) in [6, 6.07) is 3.44. The SMILES string of the molecule is COc1cc(OC)c(Nc2ncnc(N3CCCC(C)C3)c2N)cc1Cl. The van der Waals surface area contributed by atoms with Gasteiger partial charge >= 0.3 is 0 Å². The maximum absolute atomic E-state index is 6.37. The second-order valence-electron chi connectivity index (χ2n) is 6.47. The van der Waals surface area contributed by atoms with E-state index in [0.717, 1.165) is 25.3 Å². The van der Waals surface area contributed by atoms with E-state index in [1.165, 1.54) is 12.7 Å². The first-order chi connectivity index (χ1) is 12.5. The molecule has 0 saturated carbocycles. The van der Waals surface area contributed by atoms with Gasteiger partial charge in [0, 0.05) is 19.2 Å². The zero-order chi connectivity index (χ0) is 18.7. The van der Waals surface area contributed by atoms with Crippen LogP contribution in [0.3, 0.4) is 0 Å². The molecule has 140 valence electrons. The minimum atomic E-state index is 0.466. The Balaban J connectivity index is 1.91. The van der Waals surface area contributed by atoms with Crippen molar-refractivity contribution in [2.45, 2.75) is 19.8 Å². The van der Waals surface area contributed by atoms with Crippen LogP contribution in [-0.2, 0) is 0 Å². The third kappa shape index (κ3) is 3.72. The molecule has 1 fully saturated rings. The normalized spacial score (nSPS) is 17.1. The fraction of sp³-hybridized carbons (Fsp3) is 0.444. The van der Waals surface area contributed by atoms with Crippen LogP contribution in [0.15, 0.2) is 18.5 Å². The number of halogens is 1. The molecule has 7 nitrogen and oxygen atoms in total. The Bertz CT molecular complexity index is 786. The van der Waals surface area contributed by atoms with E-state index in [0.29, 0.717) is 39.6 Å². The van der Waals surface area contributed by atoms with Crippen LogP contribution >= 0.6 is 11.6 Å². The van der Waals surface area contributed by atoms with Crippen molar-refractivity contribution in [2.75, 3.05) is 43.3 Å². The van der Waals surface area contributed by atoms with E-state index in [9.17, 15) is 0 Å². The molecule has 3 N–H and O–H groups in total. The van der Waals surface area contributed by atoms with E-state index in [1.807, 2.05) is 0 Å². The number of benzene rings is 1. The molecule has 0 aliphatic carbocycles. The fourth-order valence-electron chi connectivity index (χ4n) is 3.20. The van der Waals surface area contributed by atoms with Gasteiger partial charge in [0.05, 0.1) is 24.9 Å². The Morgan fingerprint density at radius 1 is 1.23 bits per heavy atom. The van der Waals surface area contributed by atoms with Crippen molar-refractivity contribution in [2.24, 2.45) is 5.92 Å². The van der Waals surface area contributed by atoms with Gasteiger partial charge < -0.3 is 25.4 Å². The summed E-state index contributed by atoms with van der Waals surface area (Å²) in [6.07, 6.45) is 3.88. The molecule has 8 heteroatoms. The predicted molar refractivity (Wildman–Crippen MR) is 105 cm³/mol. The van der Waals surface area contributed by atoms with E-state index in [4.69, 9.17) is 26.8 Å². The van der Waals surface area contributed by atoms with Gasteiger partial charge in [-0.1, -0.05) is 18.5 Å². The van der Waals surface area contributed by atoms with Gasteiger partial charge in [0.2, 0.25) is 0 Å². The summed E-state index contributed by atoms with van der Waals surface area (Å²) in [7, 11) is 3.14. The van der Waals surface area contributed by atoms with Gasteiger partial charge in [-0.25, -0.2) is 9.97 Å². The molecule has 3 rings (SSSR count). The van der Waals surface area contributed by atoms with Crippen molar-refractivity contribution in [1.29, 1.82) is 0 Å². The lowest BCUT2D eigenvalue weighted by atomic mass is 10.0. The van der Waals surface area contributed by atoms with Gasteiger partial charge in [-0.05, 0) is 24.8 Å². The van der Waals surface area contributed by atoms with Gasteiger partial charge in [0.15, 0.2) is 11.6 Å². The lowest BCUT2D eigenvalue weighted by Gasteiger charge is -2.32. The summed E-state index contributed by atoms with van der Waals surface area (Å²) in [5.74, 6) is 3.01. The zero-order valence-corrected chi connectivity index (χ0v) is 16.0. The van der Waals surface area contributed by atoms with Gasteiger partial charge in [0.25, 0.3) is 0 Å². The number of nitrogens with one attached hydrogen (secondary N) is 1. The molecule has 0 spiro atoms. The largest absolute Gasteiger partial charge is 0.495 e. The predicted octanol–water partition coefficient (Wildman–Crippen LogP) is 3.71. The first-order valence-electron chi connectivity index (χ1n) is 8.57. The second kappa shape index (κ2) is 7.86. The smallest absolute Gasteiger partial charge is 0.159 e. The van der Waals surface area contributed by atoms with E-state index >= 15 is 0 Å². The Kier molecular flexibility index (Phi) is 5.56. The number of ether oxygens (including phenoxy) is 2. The molecule has 1 aliphatic rings. The molecule has 2 heterocycles. The van der Waals surface area contributed by atoms with Crippen molar-refractivity contribution in [3.8, 4) is 11.5 Å². The first-order valence-corrected chi connectivity index (χ1v) is 8.95. The topological polar surface area (TPSA) is 85.5 Å². The summed E-state index contributed by atoms with van der Waals surface area (Å²) in [5, 5.41) is 3.67. The van der Waals surface area contributed by atoms with Crippen LogP contribution in [-0.4, -0.2) is 37.3 Å². The lowest BCUT2D eigenvalue weighted by Crippen LogP contribution is -2.35. The molecule has 1 atom stereocenters. The van der Waals surface area contributed by atoms with E-state index in [1.54, 1.807) is 26.4 Å². The molecular weight excluding hydrogens is 354 g/mol. The summed E-state index contributed by atoms with van der Waals surface area (Å²) < 4.78 is 10.6. The molecule has 1 unspecified atom stereocenters. The molecule has 1 aromatic carbocycles. The molecule has 1 saturated heterocycles. The minimum absolute atomic E-state index is 0.466. The van der Waals surface area contributed by atoms with Crippen LogP contribution in [0.1, 0.15) is 19.8 Å². The van der Waals surface area contributed by atoms with Gasteiger partial charge in [-0.15, -0.1) is 0 Å². The van der Waals surface area contributed by atoms with Gasteiger partial charge in [-0.2, -0.15) is 0 Å². The number of hydrogen-bond donors (Lipinski definition) is 2. The number of nitrogens with zero attached hydrogens (tertiary/aromatic N) is 3. The Hall–Kier alpha value is -2.41. The minimum Gasteiger partial charge on any atom is -0.495 e. The number of rotatable bonds is 5. The fourth-order valence-corrected chi connectivity index (χ4v) is 3.45. The number of piperidine rings is 1. The van der Waals surface area contributed by atoms with Gasteiger partial charge in [-0.3, -0.25) is 0 Å². The highest BCUT2D eigenvalue weighted by Gasteiger charge is 2.21. The van der Waals surface area contributed by atoms with Crippen LogP contribution in [0.25, 0.3) is 0 Å². The van der Waals surface area contributed by atoms with Crippen molar-refractivity contribution >= 4 is 34.6 Å². The number of nitrogens with two attached hydrogens (primary N) is 1. The third-order valence-corrected chi connectivity index (χ3v) is 4.84. The quantitative estimate of drug-likeness (QED) is 0.821. The Morgan fingerprint density at radius 2 is 2.00 bits per heavy atom. The molecule has 1 aliphatic heterocycles. The van der Waals surface area contributed by atoms with E-state index in [2.05, 4.69) is 27.1 Å². The Morgan fingerprint density at radius 3 is 2.69 bits per heavy atom. The lowest BCUT2D eigenvalue weighted by molar-refractivity contribution is 0.396. The molecule has 0 radical (unpaired) electrons. The van der Waals surface area contributed by atoms with Crippen LogP contribution in [0.2, 0.25) is 5.02 Å². The van der Waals surface area contributed by atoms with Crippen LogP contribution < -0.4 is 25.4 Å². The maximum Gasteiger partial charge on any atom is 0.159 e. The number of nitrogen functional groups attached to an aromatic ring is 1. The number of methoxy groups -OCH3 is 2. The summed E-state index contributed by atoms with van der Waals surface area (Å²) >= 11 is 6.24. The molecule has 26 heavy (non-hydrogen) atoms. The summed E-state index contributed by atoms with van der Waals surface area (Å²) in [4.78, 5) is 10.9. The van der Waals surface area contributed by atoms with Crippen molar-refractivity contribution < 1.29 is 9.47 Å². The summed E-state index contributed by atoms with van der Waals surface area (Å²) in [5.41, 5.74) is 7.53. The number of hydrogen-bond acceptors (Lipinski definition) is 7. The molecular formula is C18H24ClN5O2. The van der Waals surface area contributed by atoms with Crippen molar-refractivity contribution in [3.63, 3.8) is 0 Å². The van der Waals surface area contributed by atoms with Gasteiger partial charge in [0.1, 0.15) is 23.5 Å². The summed E-state index contributed by atoms with van der Waals surface area (Å²) in [6.45, 7) is 4.13. The molecule has 0 amide bonds. The molecule has 2 aromatic rings. The Labute approximate surface area is 158 Å². The van der Waals surface area contributed by atoms with Crippen LogP contribution in [0.5, 0.6) is 11.5 Å². The van der Waals surface area contributed by atoms with E-state index in [-0.39, 0.29) is 0 Å². The highest BCUT2D eigenvalue weighted by Crippen LogP contribution is 2.39. The second-order valence-corrected chi connectivity index (χ2v) is 6.87. The van der Waals surface area contributed by atoms with Crippen molar-refractivity contribution in [3.05, 3.63) is 23.5 Å². The maximum atomic E-state index is 6.37. The zero-order valence-electron chi connectivity index (χ0n) is 15.3. The number of aromatic nitrogens is 2. The number of anilines is 4. The highest BCUT2D eigenvalue weighted by atomic mass is 35.5. The van der Waals surface area contributed by atoms with Crippen LogP contribution in [0.4, 0.5) is 23.0 Å². The molecule has 1 aromatic heterocycles. The molecule has 0 bridgehead atoms. The average Bonchev–Trinajstić information content (AvgIpc) is 2.63. The van der Waals surface area contributed by atoms with E-state index < -0.39 is 0 Å². The first kappa shape index (κ1) is 18.4. The highest BCUT2D eigenvalue weighted by molar-refractivity contribution is 6.32. The monoisotopic (exact) mass is 377 g/mol. The van der Waals surface area contributed by atoms with Crippen LogP contribution in [0, 0.1) is 5.92 Å². The standard InChI is InChI=1S/C18H24ClN5O2/c1-11-5-4-6-24(9-11)18-16(20)17(21-10-22-18)23-13-7-12(19)14(25-2)8-15(13)26-3/h7-8,10-11H,4-6,9,20H2,1-3H3,(H,21,22,23).